The Labute approximate surface area is 128 Å². The SMILES string of the molecule is COC(=O)C(C)(N)CCCN1CCC(N2CCCCC2)C1. The molecule has 5 heteroatoms. The molecule has 2 aliphatic rings. The Morgan fingerprint density at radius 2 is 2.00 bits per heavy atom. The second-order valence-corrected chi connectivity index (χ2v) is 6.85. The zero-order valence-electron chi connectivity index (χ0n) is 13.6. The summed E-state index contributed by atoms with van der Waals surface area (Å²) in [5, 5.41) is 0. The van der Waals surface area contributed by atoms with Gasteiger partial charge in [0.2, 0.25) is 0 Å². The van der Waals surface area contributed by atoms with Gasteiger partial charge in [0.25, 0.3) is 0 Å². The number of nitrogens with zero attached hydrogens (tertiary/aromatic N) is 2. The van der Waals surface area contributed by atoms with Gasteiger partial charge in [-0.25, -0.2) is 0 Å². The molecule has 0 amide bonds. The summed E-state index contributed by atoms with van der Waals surface area (Å²) in [6.07, 6.45) is 7.05. The fraction of sp³-hybridized carbons (Fsp3) is 0.938. The molecule has 122 valence electrons. The van der Waals surface area contributed by atoms with E-state index >= 15 is 0 Å². The van der Waals surface area contributed by atoms with Crippen LogP contribution in [0.4, 0.5) is 0 Å². The number of likely N-dealkylation sites (tertiary alicyclic amines) is 2. The first-order valence-corrected chi connectivity index (χ1v) is 8.36. The van der Waals surface area contributed by atoms with Crippen molar-refractivity contribution in [3.8, 4) is 0 Å². The maximum atomic E-state index is 11.6. The molecular formula is C16H31N3O2. The van der Waals surface area contributed by atoms with Crippen molar-refractivity contribution >= 4 is 5.97 Å². The summed E-state index contributed by atoms with van der Waals surface area (Å²) < 4.78 is 4.75. The number of ether oxygens (including phenoxy) is 1. The average Bonchev–Trinajstić information content (AvgIpc) is 2.96. The lowest BCUT2D eigenvalue weighted by atomic mass is 9.97. The van der Waals surface area contributed by atoms with E-state index in [1.807, 2.05) is 0 Å². The minimum atomic E-state index is -0.846. The molecule has 0 saturated carbocycles. The third-order valence-electron chi connectivity index (χ3n) is 4.98. The number of hydrogen-bond acceptors (Lipinski definition) is 5. The first kappa shape index (κ1) is 16.7. The predicted molar refractivity (Wildman–Crippen MR) is 84.1 cm³/mol. The first-order valence-electron chi connectivity index (χ1n) is 8.36. The van der Waals surface area contributed by atoms with E-state index in [0.29, 0.717) is 6.42 Å². The molecule has 2 rings (SSSR count). The lowest BCUT2D eigenvalue weighted by Crippen LogP contribution is -2.46. The van der Waals surface area contributed by atoms with Crippen molar-refractivity contribution in [1.29, 1.82) is 0 Å². The van der Waals surface area contributed by atoms with E-state index in [4.69, 9.17) is 10.5 Å². The van der Waals surface area contributed by atoms with Gasteiger partial charge in [0.05, 0.1) is 7.11 Å². The number of methoxy groups -OCH3 is 1. The zero-order valence-corrected chi connectivity index (χ0v) is 13.6. The van der Waals surface area contributed by atoms with Crippen molar-refractivity contribution in [2.45, 2.75) is 57.0 Å². The van der Waals surface area contributed by atoms with Crippen molar-refractivity contribution in [2.24, 2.45) is 5.73 Å². The third kappa shape index (κ3) is 4.66. The minimum absolute atomic E-state index is 0.310. The monoisotopic (exact) mass is 297 g/mol. The Hall–Kier alpha value is -0.650. The number of carbonyl (C=O) groups excluding carboxylic acids is 1. The summed E-state index contributed by atoms with van der Waals surface area (Å²) in [7, 11) is 1.40. The highest BCUT2D eigenvalue weighted by molar-refractivity contribution is 5.79. The Kier molecular flexibility index (Phi) is 6.02. The summed E-state index contributed by atoms with van der Waals surface area (Å²) in [4.78, 5) is 16.7. The average molecular weight is 297 g/mol. The van der Waals surface area contributed by atoms with Crippen LogP contribution in [0, 0.1) is 0 Å². The molecule has 0 bridgehead atoms. The third-order valence-corrected chi connectivity index (χ3v) is 4.98. The number of esters is 1. The van der Waals surface area contributed by atoms with Gasteiger partial charge in [0.1, 0.15) is 5.54 Å². The smallest absolute Gasteiger partial charge is 0.325 e. The van der Waals surface area contributed by atoms with Gasteiger partial charge in [0, 0.05) is 12.6 Å². The molecule has 2 atom stereocenters. The number of piperidine rings is 1. The molecule has 0 aliphatic carbocycles. The standard InChI is InChI=1S/C16H31N3O2/c1-16(17,15(20)21-2)8-6-9-18-12-7-14(13-18)19-10-4-3-5-11-19/h14H,3-13,17H2,1-2H3. The highest BCUT2D eigenvalue weighted by Gasteiger charge is 2.31. The Bertz CT molecular complexity index is 340. The fourth-order valence-electron chi connectivity index (χ4n) is 3.60. The first-order chi connectivity index (χ1) is 10.0. The molecule has 0 aromatic rings. The molecule has 2 heterocycles. The van der Waals surface area contributed by atoms with Crippen LogP contribution in [-0.4, -0.2) is 67.2 Å². The van der Waals surface area contributed by atoms with Crippen LogP contribution in [0.5, 0.6) is 0 Å². The van der Waals surface area contributed by atoms with E-state index in [1.165, 1.54) is 59.0 Å². The van der Waals surface area contributed by atoms with Crippen LogP contribution in [0.1, 0.15) is 45.4 Å². The van der Waals surface area contributed by atoms with Gasteiger partial charge in [-0.3, -0.25) is 9.69 Å². The molecule has 2 saturated heterocycles. The van der Waals surface area contributed by atoms with E-state index in [-0.39, 0.29) is 5.97 Å². The van der Waals surface area contributed by atoms with Gasteiger partial charge < -0.3 is 15.4 Å². The fourth-order valence-corrected chi connectivity index (χ4v) is 3.60. The molecule has 2 N–H and O–H groups in total. The van der Waals surface area contributed by atoms with Crippen LogP contribution in [0.3, 0.4) is 0 Å². The van der Waals surface area contributed by atoms with Crippen molar-refractivity contribution in [2.75, 3.05) is 39.8 Å². The second-order valence-electron chi connectivity index (χ2n) is 6.85. The number of nitrogens with two attached hydrogens (primary N) is 1. The summed E-state index contributed by atoms with van der Waals surface area (Å²) in [5.74, 6) is -0.310. The molecule has 0 spiro atoms. The van der Waals surface area contributed by atoms with Crippen molar-refractivity contribution < 1.29 is 9.53 Å². The second kappa shape index (κ2) is 7.56. The van der Waals surface area contributed by atoms with E-state index in [2.05, 4.69) is 9.80 Å². The number of rotatable bonds is 6. The Balaban J connectivity index is 1.67. The lowest BCUT2D eigenvalue weighted by molar-refractivity contribution is -0.146. The molecule has 21 heavy (non-hydrogen) atoms. The van der Waals surface area contributed by atoms with E-state index in [9.17, 15) is 4.79 Å². The van der Waals surface area contributed by atoms with Crippen LogP contribution in [-0.2, 0) is 9.53 Å². The van der Waals surface area contributed by atoms with E-state index < -0.39 is 5.54 Å². The zero-order chi connectivity index (χ0) is 15.3. The van der Waals surface area contributed by atoms with Crippen molar-refractivity contribution in [3.63, 3.8) is 0 Å². The lowest BCUT2D eigenvalue weighted by Gasteiger charge is -2.32. The molecule has 0 aromatic heterocycles. The van der Waals surface area contributed by atoms with Gasteiger partial charge in [-0.1, -0.05) is 6.42 Å². The van der Waals surface area contributed by atoms with E-state index in [1.54, 1.807) is 6.92 Å². The summed E-state index contributed by atoms with van der Waals surface area (Å²) in [6, 6.07) is 0.746. The molecule has 0 aromatic carbocycles. The van der Waals surface area contributed by atoms with Crippen LogP contribution >= 0.6 is 0 Å². The van der Waals surface area contributed by atoms with Gasteiger partial charge >= 0.3 is 5.97 Å². The van der Waals surface area contributed by atoms with Crippen molar-refractivity contribution in [3.05, 3.63) is 0 Å². The van der Waals surface area contributed by atoms with Gasteiger partial charge in [-0.05, 0) is 65.2 Å². The summed E-state index contributed by atoms with van der Waals surface area (Å²) in [6.45, 7) is 7.72. The normalized spacial score (nSPS) is 27.5. The summed E-state index contributed by atoms with van der Waals surface area (Å²) >= 11 is 0. The highest BCUT2D eigenvalue weighted by atomic mass is 16.5. The summed E-state index contributed by atoms with van der Waals surface area (Å²) in [5.41, 5.74) is 5.15. The quantitative estimate of drug-likeness (QED) is 0.747. The van der Waals surface area contributed by atoms with Gasteiger partial charge in [-0.2, -0.15) is 0 Å². The van der Waals surface area contributed by atoms with E-state index in [0.717, 1.165) is 19.0 Å². The van der Waals surface area contributed by atoms with Crippen LogP contribution in [0.2, 0.25) is 0 Å². The highest BCUT2D eigenvalue weighted by Crippen LogP contribution is 2.21. The maximum absolute atomic E-state index is 11.6. The number of hydrogen-bond donors (Lipinski definition) is 1. The molecule has 2 aliphatic heterocycles. The van der Waals surface area contributed by atoms with Gasteiger partial charge in [-0.15, -0.1) is 0 Å². The largest absolute Gasteiger partial charge is 0.468 e. The van der Waals surface area contributed by atoms with Crippen LogP contribution in [0.15, 0.2) is 0 Å². The van der Waals surface area contributed by atoms with Crippen molar-refractivity contribution in [1.82, 2.24) is 9.80 Å². The molecule has 2 unspecified atom stereocenters. The predicted octanol–water partition coefficient (Wildman–Crippen LogP) is 1.22. The van der Waals surface area contributed by atoms with Crippen LogP contribution < -0.4 is 5.73 Å². The maximum Gasteiger partial charge on any atom is 0.325 e. The Morgan fingerprint density at radius 1 is 1.29 bits per heavy atom. The molecular weight excluding hydrogens is 266 g/mol. The topological polar surface area (TPSA) is 58.8 Å². The number of carbonyl (C=O) groups is 1. The Morgan fingerprint density at radius 3 is 2.67 bits per heavy atom. The molecule has 2 fully saturated rings. The van der Waals surface area contributed by atoms with Gasteiger partial charge in [0.15, 0.2) is 0 Å². The minimum Gasteiger partial charge on any atom is -0.468 e. The molecule has 0 radical (unpaired) electrons. The molecule has 5 nitrogen and oxygen atoms in total. The van der Waals surface area contributed by atoms with Crippen LogP contribution in [0.25, 0.3) is 0 Å².